The average molecular weight is 474 g/mol. The predicted molar refractivity (Wildman–Crippen MR) is 121 cm³/mol. The maximum absolute atomic E-state index is 12.8. The van der Waals surface area contributed by atoms with E-state index in [-0.39, 0.29) is 0 Å². The maximum atomic E-state index is 12.8. The van der Waals surface area contributed by atoms with Gasteiger partial charge in [0.25, 0.3) is 0 Å². The Hall–Kier alpha value is -2.73. The van der Waals surface area contributed by atoms with Crippen molar-refractivity contribution in [3.63, 3.8) is 0 Å². The second-order valence-corrected chi connectivity index (χ2v) is 8.49. The third kappa shape index (κ3) is 11.1. The van der Waals surface area contributed by atoms with E-state index in [1.54, 1.807) is 27.7 Å². The van der Waals surface area contributed by atoms with E-state index in [4.69, 9.17) is 11.5 Å². The van der Waals surface area contributed by atoms with E-state index in [1.807, 2.05) is 0 Å². The zero-order valence-corrected chi connectivity index (χ0v) is 19.8. The summed E-state index contributed by atoms with van der Waals surface area (Å²) in [6.07, 6.45) is 1.42. The van der Waals surface area contributed by atoms with Gasteiger partial charge in [-0.1, -0.05) is 40.5 Å². The van der Waals surface area contributed by atoms with Crippen LogP contribution in [-0.2, 0) is 24.0 Å². The highest BCUT2D eigenvalue weighted by Gasteiger charge is 2.33. The van der Waals surface area contributed by atoms with Crippen LogP contribution in [0.5, 0.6) is 0 Å². The summed E-state index contributed by atoms with van der Waals surface area (Å²) in [6.45, 7) is 7.18. The van der Waals surface area contributed by atoms with Crippen molar-refractivity contribution in [2.45, 2.75) is 84.0 Å². The third-order valence-electron chi connectivity index (χ3n) is 5.34. The van der Waals surface area contributed by atoms with Crippen molar-refractivity contribution in [2.75, 3.05) is 6.54 Å². The van der Waals surface area contributed by atoms with Crippen molar-refractivity contribution >= 4 is 29.7 Å². The summed E-state index contributed by atoms with van der Waals surface area (Å²) in [5, 5.41) is 25.7. The minimum atomic E-state index is -1.53. The molecule has 12 heteroatoms. The Kier molecular flexibility index (Phi) is 13.9. The lowest BCUT2D eigenvalue weighted by atomic mass is 9.98. The second-order valence-electron chi connectivity index (χ2n) is 8.49. The first-order valence-electron chi connectivity index (χ1n) is 11.2. The van der Waals surface area contributed by atoms with Crippen LogP contribution < -0.4 is 27.4 Å². The first-order chi connectivity index (χ1) is 15.3. The van der Waals surface area contributed by atoms with Crippen molar-refractivity contribution < 1.29 is 34.2 Å². The second kappa shape index (κ2) is 15.2. The quantitative estimate of drug-likeness (QED) is 0.139. The maximum Gasteiger partial charge on any atom is 0.326 e. The van der Waals surface area contributed by atoms with Crippen molar-refractivity contribution in [2.24, 2.45) is 23.3 Å². The number of carboxylic acids is 2. The van der Waals surface area contributed by atoms with E-state index >= 15 is 0 Å². The summed E-state index contributed by atoms with van der Waals surface area (Å²) in [5.74, 6) is -5.72. The Balaban J connectivity index is 5.41. The molecule has 0 rings (SSSR count). The molecule has 0 fully saturated rings. The fraction of sp³-hybridized carbons (Fsp3) is 0.762. The summed E-state index contributed by atoms with van der Waals surface area (Å²) in [5.41, 5.74) is 11.3. The van der Waals surface area contributed by atoms with Crippen LogP contribution >= 0.6 is 0 Å². The van der Waals surface area contributed by atoms with E-state index < -0.39 is 72.1 Å². The molecule has 190 valence electrons. The zero-order chi connectivity index (χ0) is 25.7. The minimum Gasteiger partial charge on any atom is -0.481 e. The molecule has 0 saturated heterocycles. The molecule has 0 aliphatic carbocycles. The van der Waals surface area contributed by atoms with Gasteiger partial charge < -0.3 is 37.6 Å². The molecule has 0 radical (unpaired) electrons. The number of rotatable bonds is 16. The molecule has 0 aromatic rings. The molecule has 33 heavy (non-hydrogen) atoms. The Morgan fingerprint density at radius 2 is 1.42 bits per heavy atom. The number of unbranched alkanes of at least 4 members (excludes halogenated alkanes) is 1. The highest BCUT2D eigenvalue weighted by atomic mass is 16.4. The van der Waals surface area contributed by atoms with Gasteiger partial charge in [-0.3, -0.25) is 19.2 Å². The van der Waals surface area contributed by atoms with Crippen LogP contribution in [0.15, 0.2) is 0 Å². The van der Waals surface area contributed by atoms with E-state index in [9.17, 15) is 34.2 Å². The summed E-state index contributed by atoms with van der Waals surface area (Å²) in [4.78, 5) is 60.6. The molecule has 9 N–H and O–H groups in total. The molecule has 0 heterocycles. The summed E-state index contributed by atoms with van der Waals surface area (Å²) < 4.78 is 0. The number of hydrogen-bond acceptors (Lipinski definition) is 7. The van der Waals surface area contributed by atoms with Gasteiger partial charge in [0.1, 0.15) is 18.1 Å². The lowest BCUT2D eigenvalue weighted by molar-refractivity contribution is -0.144. The molecule has 0 saturated carbocycles. The molecule has 0 aliphatic heterocycles. The number of nitrogens with one attached hydrogen (secondary N) is 3. The van der Waals surface area contributed by atoms with Gasteiger partial charge in [-0.2, -0.15) is 0 Å². The fourth-order valence-corrected chi connectivity index (χ4v) is 3.02. The highest BCUT2D eigenvalue weighted by molar-refractivity contribution is 5.95. The Bertz CT molecular complexity index is 686. The van der Waals surface area contributed by atoms with E-state index in [0.29, 0.717) is 32.2 Å². The van der Waals surface area contributed by atoms with Crippen LogP contribution in [0.4, 0.5) is 0 Å². The highest BCUT2D eigenvalue weighted by Crippen LogP contribution is 2.10. The van der Waals surface area contributed by atoms with E-state index in [0.717, 1.165) is 0 Å². The van der Waals surface area contributed by atoms with E-state index in [1.165, 1.54) is 0 Å². The number of amides is 3. The molecule has 0 bridgehead atoms. The Morgan fingerprint density at radius 1 is 0.848 bits per heavy atom. The number of hydrogen-bond donors (Lipinski definition) is 7. The molecule has 0 aromatic carbocycles. The number of nitrogens with two attached hydrogens (primary N) is 2. The molecule has 5 atom stereocenters. The van der Waals surface area contributed by atoms with Crippen LogP contribution in [0.25, 0.3) is 0 Å². The standard InChI is InChI=1S/C21H39N5O7/c1-5-12(4)17(21(32)33)26-19(30)14(10-15(27)28)24-20(31)16(11(2)3)25-18(29)13(23)8-6-7-9-22/h11-14,16-17H,5-10,22-23H2,1-4H3,(H,24,31)(H,25,29)(H,26,30)(H,27,28)(H,32,33). The summed E-state index contributed by atoms with van der Waals surface area (Å²) >= 11 is 0. The van der Waals surface area contributed by atoms with Gasteiger partial charge in [-0.25, -0.2) is 4.79 Å². The molecular formula is C21H39N5O7. The van der Waals surface area contributed by atoms with Gasteiger partial charge in [-0.15, -0.1) is 0 Å². The van der Waals surface area contributed by atoms with Crippen molar-refractivity contribution in [3.05, 3.63) is 0 Å². The molecule has 3 amide bonds. The largest absolute Gasteiger partial charge is 0.481 e. The van der Waals surface area contributed by atoms with Crippen molar-refractivity contribution in [1.29, 1.82) is 0 Å². The van der Waals surface area contributed by atoms with Gasteiger partial charge in [0.15, 0.2) is 0 Å². The number of carbonyl (C=O) groups excluding carboxylic acids is 3. The van der Waals surface area contributed by atoms with Crippen LogP contribution in [0.2, 0.25) is 0 Å². The van der Waals surface area contributed by atoms with Gasteiger partial charge in [0.2, 0.25) is 17.7 Å². The Labute approximate surface area is 194 Å². The van der Waals surface area contributed by atoms with Gasteiger partial charge in [-0.05, 0) is 31.2 Å². The predicted octanol–water partition coefficient (Wildman–Crippen LogP) is -0.841. The van der Waals surface area contributed by atoms with Gasteiger partial charge in [0, 0.05) is 0 Å². The van der Waals surface area contributed by atoms with Gasteiger partial charge >= 0.3 is 11.9 Å². The van der Waals surface area contributed by atoms with Gasteiger partial charge in [0.05, 0.1) is 12.5 Å². The van der Waals surface area contributed by atoms with Crippen LogP contribution in [0, 0.1) is 11.8 Å². The first-order valence-corrected chi connectivity index (χ1v) is 11.2. The average Bonchev–Trinajstić information content (AvgIpc) is 2.73. The normalized spacial score (nSPS) is 15.6. The molecule has 5 unspecified atom stereocenters. The molecular weight excluding hydrogens is 434 g/mol. The minimum absolute atomic E-state index is 0.381. The monoisotopic (exact) mass is 473 g/mol. The third-order valence-corrected chi connectivity index (χ3v) is 5.34. The molecule has 0 spiro atoms. The van der Waals surface area contributed by atoms with Crippen LogP contribution in [0.1, 0.15) is 59.8 Å². The molecule has 0 aliphatic rings. The van der Waals surface area contributed by atoms with E-state index in [2.05, 4.69) is 16.0 Å². The zero-order valence-electron chi connectivity index (χ0n) is 19.8. The summed E-state index contributed by atoms with van der Waals surface area (Å²) in [7, 11) is 0. The topological polar surface area (TPSA) is 214 Å². The van der Waals surface area contributed by atoms with Crippen LogP contribution in [0.3, 0.4) is 0 Å². The summed E-state index contributed by atoms with van der Waals surface area (Å²) in [6, 6.07) is -4.71. The molecule has 0 aromatic heterocycles. The number of carboxylic acid groups (broad SMARTS) is 2. The van der Waals surface area contributed by atoms with Crippen molar-refractivity contribution in [3.8, 4) is 0 Å². The smallest absolute Gasteiger partial charge is 0.326 e. The number of aliphatic carboxylic acids is 2. The number of carbonyl (C=O) groups is 5. The fourth-order valence-electron chi connectivity index (χ4n) is 3.02. The lowest BCUT2D eigenvalue weighted by Crippen LogP contribution is -2.59. The Morgan fingerprint density at radius 3 is 1.88 bits per heavy atom. The molecule has 12 nitrogen and oxygen atoms in total. The van der Waals surface area contributed by atoms with Crippen LogP contribution in [-0.4, -0.2) is 70.6 Å². The first kappa shape index (κ1) is 30.3. The van der Waals surface area contributed by atoms with Crippen molar-refractivity contribution in [1.82, 2.24) is 16.0 Å². The lowest BCUT2D eigenvalue weighted by Gasteiger charge is -2.27. The SMILES string of the molecule is CCC(C)C(NC(=O)C(CC(=O)O)NC(=O)C(NC(=O)C(N)CCCCN)C(C)C)C(=O)O.